The van der Waals surface area contributed by atoms with E-state index in [2.05, 4.69) is 17.8 Å². The summed E-state index contributed by atoms with van der Waals surface area (Å²) in [4.78, 5) is 11.2. The lowest BCUT2D eigenvalue weighted by Crippen LogP contribution is -2.41. The molecule has 0 spiro atoms. The molecular weight excluding hydrogens is 196 g/mol. The molecule has 4 heteroatoms. The minimum absolute atomic E-state index is 0.179. The van der Waals surface area contributed by atoms with Crippen molar-refractivity contribution in [1.82, 2.24) is 5.32 Å². The molecule has 0 radical (unpaired) electrons. The van der Waals surface area contributed by atoms with E-state index in [9.17, 15) is 4.79 Å². The maximum absolute atomic E-state index is 11.2. The van der Waals surface area contributed by atoms with Crippen LogP contribution in [0.2, 0.25) is 0 Å². The van der Waals surface area contributed by atoms with Crippen molar-refractivity contribution in [3.8, 4) is 12.3 Å². The highest BCUT2D eigenvalue weighted by Gasteiger charge is 2.10. The van der Waals surface area contributed by atoms with Crippen LogP contribution in [0.4, 0.5) is 0 Å². The summed E-state index contributed by atoms with van der Waals surface area (Å²) in [6.45, 7) is 4.22. The molecule has 0 aliphatic rings. The highest BCUT2D eigenvalue weighted by molar-refractivity contribution is 7.99. The predicted molar refractivity (Wildman–Crippen MR) is 62.0 cm³/mol. The number of amides is 1. The fourth-order valence-electron chi connectivity index (χ4n) is 0.764. The smallest absolute Gasteiger partial charge is 0.237 e. The lowest BCUT2D eigenvalue weighted by Gasteiger charge is -2.08. The molecule has 1 atom stereocenters. The van der Waals surface area contributed by atoms with Crippen LogP contribution in [0.15, 0.2) is 12.7 Å². The van der Waals surface area contributed by atoms with Gasteiger partial charge >= 0.3 is 0 Å². The summed E-state index contributed by atoms with van der Waals surface area (Å²) < 4.78 is 0. The Bertz CT molecular complexity index is 223. The van der Waals surface area contributed by atoms with E-state index in [1.54, 1.807) is 11.8 Å². The molecular formula is C10H16N2OS. The van der Waals surface area contributed by atoms with E-state index in [0.29, 0.717) is 6.54 Å². The third-order valence-corrected chi connectivity index (χ3v) is 2.42. The van der Waals surface area contributed by atoms with Gasteiger partial charge in [-0.15, -0.1) is 18.9 Å². The SMILES string of the molecule is C#CCC(N)C(=O)NCCSCC=C. The van der Waals surface area contributed by atoms with Crippen LogP contribution in [0.3, 0.4) is 0 Å². The Morgan fingerprint density at radius 2 is 2.50 bits per heavy atom. The number of nitrogens with one attached hydrogen (secondary N) is 1. The minimum atomic E-state index is -0.579. The Labute approximate surface area is 89.5 Å². The van der Waals surface area contributed by atoms with Gasteiger partial charge in [0.1, 0.15) is 0 Å². The van der Waals surface area contributed by atoms with Gasteiger partial charge in [0.25, 0.3) is 0 Å². The van der Waals surface area contributed by atoms with Crippen molar-refractivity contribution >= 4 is 17.7 Å². The van der Waals surface area contributed by atoms with Gasteiger partial charge in [-0.3, -0.25) is 4.79 Å². The molecule has 1 unspecified atom stereocenters. The van der Waals surface area contributed by atoms with Gasteiger partial charge in [-0.25, -0.2) is 0 Å². The van der Waals surface area contributed by atoms with Crippen molar-refractivity contribution < 1.29 is 4.79 Å². The Balaban J connectivity index is 3.44. The summed E-state index contributed by atoms with van der Waals surface area (Å²) >= 11 is 1.71. The van der Waals surface area contributed by atoms with Gasteiger partial charge in [0.2, 0.25) is 5.91 Å². The largest absolute Gasteiger partial charge is 0.354 e. The van der Waals surface area contributed by atoms with E-state index in [-0.39, 0.29) is 12.3 Å². The van der Waals surface area contributed by atoms with E-state index in [4.69, 9.17) is 12.2 Å². The van der Waals surface area contributed by atoms with Crippen LogP contribution >= 0.6 is 11.8 Å². The average Bonchev–Trinajstić information content (AvgIpc) is 2.17. The van der Waals surface area contributed by atoms with E-state index in [1.807, 2.05) is 6.08 Å². The number of carbonyl (C=O) groups excluding carboxylic acids is 1. The van der Waals surface area contributed by atoms with Crippen LogP contribution in [0.5, 0.6) is 0 Å². The van der Waals surface area contributed by atoms with Crippen LogP contribution in [0.1, 0.15) is 6.42 Å². The minimum Gasteiger partial charge on any atom is -0.354 e. The second kappa shape index (κ2) is 8.67. The molecule has 1 amide bonds. The first-order valence-corrected chi connectivity index (χ1v) is 5.53. The van der Waals surface area contributed by atoms with E-state index < -0.39 is 6.04 Å². The molecule has 0 bridgehead atoms. The molecule has 14 heavy (non-hydrogen) atoms. The molecule has 0 aromatic rings. The molecule has 0 aromatic carbocycles. The third-order valence-electron chi connectivity index (χ3n) is 1.46. The number of terminal acetylenes is 1. The van der Waals surface area contributed by atoms with Gasteiger partial charge < -0.3 is 11.1 Å². The fraction of sp³-hybridized carbons (Fsp3) is 0.500. The summed E-state index contributed by atoms with van der Waals surface area (Å²) in [5.41, 5.74) is 5.49. The molecule has 0 saturated carbocycles. The maximum atomic E-state index is 11.2. The first kappa shape index (κ1) is 13.1. The number of nitrogens with two attached hydrogens (primary N) is 1. The quantitative estimate of drug-likeness (QED) is 0.364. The molecule has 3 N–H and O–H groups in total. The first-order chi connectivity index (χ1) is 6.72. The summed E-state index contributed by atoms with van der Waals surface area (Å²) in [7, 11) is 0. The van der Waals surface area contributed by atoms with E-state index in [1.165, 1.54) is 0 Å². The predicted octanol–water partition coefficient (Wildman–Crippen LogP) is 0.372. The van der Waals surface area contributed by atoms with Crippen molar-refractivity contribution in [3.05, 3.63) is 12.7 Å². The van der Waals surface area contributed by atoms with Gasteiger partial charge in [0.05, 0.1) is 6.04 Å². The Morgan fingerprint density at radius 1 is 1.79 bits per heavy atom. The summed E-state index contributed by atoms with van der Waals surface area (Å²) in [5, 5.41) is 2.71. The number of hydrogen-bond acceptors (Lipinski definition) is 3. The van der Waals surface area contributed by atoms with Gasteiger partial charge in [0, 0.05) is 24.5 Å². The number of carbonyl (C=O) groups is 1. The third kappa shape index (κ3) is 6.58. The topological polar surface area (TPSA) is 55.1 Å². The molecule has 0 heterocycles. The highest BCUT2D eigenvalue weighted by Crippen LogP contribution is 1.97. The van der Waals surface area contributed by atoms with Crippen LogP contribution in [0, 0.1) is 12.3 Å². The molecule has 0 rings (SSSR count). The Morgan fingerprint density at radius 3 is 3.07 bits per heavy atom. The standard InChI is InChI=1S/C10H16N2OS/c1-3-5-9(11)10(13)12-6-8-14-7-4-2/h1,4,9H,2,5-8,11H2,(H,12,13). The summed E-state index contributed by atoms with van der Waals surface area (Å²) in [6, 6.07) is -0.579. The van der Waals surface area contributed by atoms with Crippen molar-refractivity contribution in [2.45, 2.75) is 12.5 Å². The lowest BCUT2D eigenvalue weighted by atomic mass is 10.2. The van der Waals surface area contributed by atoms with Gasteiger partial charge in [-0.1, -0.05) is 6.08 Å². The van der Waals surface area contributed by atoms with Crippen LogP contribution in [0.25, 0.3) is 0 Å². The fourth-order valence-corrected chi connectivity index (χ4v) is 1.34. The Kier molecular flexibility index (Phi) is 8.10. The molecule has 0 aliphatic heterocycles. The molecule has 0 aromatic heterocycles. The number of thioether (sulfide) groups is 1. The van der Waals surface area contributed by atoms with Crippen molar-refractivity contribution in [3.63, 3.8) is 0 Å². The molecule has 0 fully saturated rings. The average molecular weight is 212 g/mol. The molecule has 78 valence electrons. The van der Waals surface area contributed by atoms with Crippen molar-refractivity contribution in [2.24, 2.45) is 5.73 Å². The first-order valence-electron chi connectivity index (χ1n) is 4.37. The van der Waals surface area contributed by atoms with Crippen molar-refractivity contribution in [1.29, 1.82) is 0 Å². The summed E-state index contributed by atoms with van der Waals surface area (Å²) in [5.74, 6) is 3.93. The zero-order chi connectivity index (χ0) is 10.8. The maximum Gasteiger partial charge on any atom is 0.237 e. The van der Waals surface area contributed by atoms with Crippen LogP contribution in [-0.2, 0) is 4.79 Å². The molecule has 0 saturated heterocycles. The lowest BCUT2D eigenvalue weighted by molar-refractivity contribution is -0.122. The van der Waals surface area contributed by atoms with Gasteiger partial charge in [-0.2, -0.15) is 11.8 Å². The molecule has 3 nitrogen and oxygen atoms in total. The number of rotatable bonds is 7. The zero-order valence-corrected chi connectivity index (χ0v) is 8.98. The normalized spacial score (nSPS) is 11.4. The van der Waals surface area contributed by atoms with Crippen molar-refractivity contribution in [2.75, 3.05) is 18.1 Å². The van der Waals surface area contributed by atoms with Gasteiger partial charge in [0.15, 0.2) is 0 Å². The highest BCUT2D eigenvalue weighted by atomic mass is 32.2. The second-order valence-electron chi connectivity index (χ2n) is 2.67. The van der Waals surface area contributed by atoms with E-state index in [0.717, 1.165) is 11.5 Å². The molecule has 0 aliphatic carbocycles. The zero-order valence-electron chi connectivity index (χ0n) is 8.16. The van der Waals surface area contributed by atoms with E-state index >= 15 is 0 Å². The number of hydrogen-bond donors (Lipinski definition) is 2. The monoisotopic (exact) mass is 212 g/mol. The van der Waals surface area contributed by atoms with Gasteiger partial charge in [-0.05, 0) is 0 Å². The van der Waals surface area contributed by atoms with Crippen LogP contribution in [-0.4, -0.2) is 30.0 Å². The second-order valence-corrected chi connectivity index (χ2v) is 3.82. The van der Waals surface area contributed by atoms with Crippen LogP contribution < -0.4 is 11.1 Å². The summed E-state index contributed by atoms with van der Waals surface area (Å²) in [6.07, 6.45) is 7.15. The Hall–Kier alpha value is -0.920.